The van der Waals surface area contributed by atoms with Gasteiger partial charge in [-0.2, -0.15) is 0 Å². The zero-order valence-electron chi connectivity index (χ0n) is 15.7. The molecule has 2 fully saturated rings. The van der Waals surface area contributed by atoms with E-state index in [0.717, 1.165) is 36.8 Å². The van der Waals surface area contributed by atoms with E-state index in [4.69, 9.17) is 4.52 Å². The first-order valence-electron chi connectivity index (χ1n) is 9.72. The van der Waals surface area contributed by atoms with Crippen LogP contribution in [0.15, 0.2) is 41.1 Å². The summed E-state index contributed by atoms with van der Waals surface area (Å²) in [4.78, 5) is 19.7. The van der Waals surface area contributed by atoms with Crippen molar-refractivity contribution in [3.8, 4) is 0 Å². The number of carbonyl (C=O) groups is 1. The normalized spacial score (nSPS) is 21.9. The van der Waals surface area contributed by atoms with E-state index >= 15 is 0 Å². The molecular weight excluding hydrogens is 338 g/mol. The Labute approximate surface area is 158 Å². The van der Waals surface area contributed by atoms with E-state index in [2.05, 4.69) is 46.2 Å². The Kier molecular flexibility index (Phi) is 3.78. The number of pyridine rings is 1. The minimum Gasteiger partial charge on any atom is -0.336 e. The van der Waals surface area contributed by atoms with Gasteiger partial charge in [-0.15, -0.1) is 0 Å². The Balaban J connectivity index is 1.37. The third kappa shape index (κ3) is 2.82. The lowest BCUT2D eigenvalue weighted by Gasteiger charge is -2.44. The molecule has 0 saturated heterocycles. The van der Waals surface area contributed by atoms with Gasteiger partial charge in [0.15, 0.2) is 0 Å². The molecule has 138 valence electrons. The van der Waals surface area contributed by atoms with Crippen LogP contribution in [0, 0.1) is 13.8 Å². The van der Waals surface area contributed by atoms with Crippen molar-refractivity contribution in [2.45, 2.75) is 57.5 Å². The van der Waals surface area contributed by atoms with Gasteiger partial charge in [0.25, 0.3) is 11.6 Å². The lowest BCUT2D eigenvalue weighted by Crippen LogP contribution is -2.48. The first kappa shape index (κ1) is 16.5. The van der Waals surface area contributed by atoms with Gasteiger partial charge in [-0.25, -0.2) is 4.98 Å². The topological polar surface area (TPSA) is 59.2 Å². The molecule has 0 spiro atoms. The number of aromatic nitrogens is 2. The van der Waals surface area contributed by atoms with Crippen molar-refractivity contribution in [3.05, 3.63) is 58.9 Å². The van der Waals surface area contributed by atoms with Gasteiger partial charge in [-0.3, -0.25) is 4.79 Å². The maximum absolute atomic E-state index is 13.3. The maximum Gasteiger partial charge on any atom is 0.257 e. The van der Waals surface area contributed by atoms with Gasteiger partial charge < -0.3 is 9.42 Å². The summed E-state index contributed by atoms with van der Waals surface area (Å²) < 4.78 is 5.17. The predicted octanol–water partition coefficient (Wildman–Crippen LogP) is 4.39. The summed E-state index contributed by atoms with van der Waals surface area (Å²) >= 11 is 0. The van der Waals surface area contributed by atoms with Crippen molar-refractivity contribution in [3.63, 3.8) is 0 Å². The van der Waals surface area contributed by atoms with Crippen molar-refractivity contribution in [1.29, 1.82) is 0 Å². The van der Waals surface area contributed by atoms with Crippen LogP contribution in [-0.2, 0) is 0 Å². The number of amides is 1. The second kappa shape index (κ2) is 6.19. The molecule has 3 aromatic rings. The van der Waals surface area contributed by atoms with Crippen LogP contribution in [0.4, 0.5) is 0 Å². The van der Waals surface area contributed by atoms with Crippen molar-refractivity contribution >= 4 is 17.0 Å². The van der Waals surface area contributed by atoms with Crippen LogP contribution < -0.4 is 0 Å². The van der Waals surface area contributed by atoms with E-state index in [-0.39, 0.29) is 5.91 Å². The largest absolute Gasteiger partial charge is 0.336 e. The van der Waals surface area contributed by atoms with Gasteiger partial charge in [-0.05, 0) is 62.6 Å². The van der Waals surface area contributed by atoms with Crippen LogP contribution in [0.25, 0.3) is 11.1 Å². The molecule has 2 heterocycles. The van der Waals surface area contributed by atoms with Crippen LogP contribution in [-0.4, -0.2) is 33.0 Å². The van der Waals surface area contributed by atoms with Gasteiger partial charge in [0.05, 0.1) is 16.6 Å². The number of hydrogen-bond acceptors (Lipinski definition) is 4. The van der Waals surface area contributed by atoms with Crippen LogP contribution in [0.3, 0.4) is 0 Å². The molecule has 27 heavy (non-hydrogen) atoms. The van der Waals surface area contributed by atoms with Crippen molar-refractivity contribution in [2.24, 2.45) is 0 Å². The Morgan fingerprint density at radius 1 is 1.15 bits per heavy atom. The molecule has 0 aliphatic heterocycles. The average molecular weight is 361 g/mol. The molecule has 2 aromatic heterocycles. The molecule has 0 unspecified atom stereocenters. The fourth-order valence-corrected chi connectivity index (χ4v) is 4.31. The van der Waals surface area contributed by atoms with E-state index in [1.807, 2.05) is 13.0 Å². The number of carbonyl (C=O) groups excluding carboxylic acids is 1. The van der Waals surface area contributed by atoms with Crippen LogP contribution in [0.1, 0.15) is 58.8 Å². The van der Waals surface area contributed by atoms with Crippen molar-refractivity contribution < 1.29 is 9.32 Å². The maximum atomic E-state index is 13.3. The number of fused-ring (bicyclic) bond motifs is 1. The highest BCUT2D eigenvalue weighted by Gasteiger charge is 2.44. The lowest BCUT2D eigenvalue weighted by molar-refractivity contribution is 0.0516. The molecule has 0 radical (unpaired) electrons. The fourth-order valence-electron chi connectivity index (χ4n) is 4.31. The highest BCUT2D eigenvalue weighted by Crippen LogP contribution is 2.45. The number of aryl methyl sites for hydroxylation is 2. The Morgan fingerprint density at radius 2 is 1.93 bits per heavy atom. The van der Waals surface area contributed by atoms with Gasteiger partial charge in [0.2, 0.25) is 0 Å². The molecule has 5 heteroatoms. The molecule has 0 atom stereocenters. The molecular formula is C22H23N3O2. The third-order valence-electron chi connectivity index (χ3n) is 6.07. The van der Waals surface area contributed by atoms with Gasteiger partial charge in [-0.1, -0.05) is 29.4 Å². The molecule has 5 nitrogen and oxygen atoms in total. The minimum atomic E-state index is 0.0979. The smallest absolute Gasteiger partial charge is 0.257 e. The first-order chi connectivity index (χ1) is 13.1. The average Bonchev–Trinajstić information content (AvgIpc) is 3.41. The number of benzene rings is 1. The van der Waals surface area contributed by atoms with E-state index in [1.165, 1.54) is 11.1 Å². The molecule has 2 aliphatic rings. The summed E-state index contributed by atoms with van der Waals surface area (Å²) in [6.07, 6.45) is 5.95. The van der Waals surface area contributed by atoms with Gasteiger partial charge in [0.1, 0.15) is 0 Å². The second-order valence-corrected chi connectivity index (χ2v) is 7.97. The van der Waals surface area contributed by atoms with Crippen molar-refractivity contribution in [2.75, 3.05) is 0 Å². The molecule has 2 saturated carbocycles. The lowest BCUT2D eigenvalue weighted by atomic mass is 9.73. The first-order valence-corrected chi connectivity index (χ1v) is 9.72. The Morgan fingerprint density at radius 3 is 2.67 bits per heavy atom. The summed E-state index contributed by atoms with van der Waals surface area (Å²) in [6.45, 7) is 4.05. The zero-order valence-corrected chi connectivity index (χ0v) is 15.7. The summed E-state index contributed by atoms with van der Waals surface area (Å²) in [7, 11) is 0. The number of rotatable bonds is 4. The number of hydrogen-bond donors (Lipinski definition) is 0. The fraction of sp³-hybridized carbons (Fsp3) is 0.409. The SMILES string of the molecule is Cc1ccccc1C1CC(N(C(=O)c2cnc3onc(C)c3c2)C2CC2)C1. The quantitative estimate of drug-likeness (QED) is 0.691. The van der Waals surface area contributed by atoms with Crippen LogP contribution in [0.2, 0.25) is 0 Å². The monoisotopic (exact) mass is 361 g/mol. The van der Waals surface area contributed by atoms with E-state index in [0.29, 0.717) is 29.3 Å². The second-order valence-electron chi connectivity index (χ2n) is 7.97. The summed E-state index contributed by atoms with van der Waals surface area (Å²) in [5.41, 5.74) is 4.68. The molecule has 0 N–H and O–H groups in total. The van der Waals surface area contributed by atoms with Gasteiger partial charge >= 0.3 is 0 Å². The third-order valence-corrected chi connectivity index (χ3v) is 6.07. The zero-order chi connectivity index (χ0) is 18.5. The molecule has 2 aliphatic carbocycles. The summed E-state index contributed by atoms with van der Waals surface area (Å²) in [5, 5.41) is 4.76. The number of nitrogens with zero attached hydrogens (tertiary/aromatic N) is 3. The molecule has 0 bridgehead atoms. The standard InChI is InChI=1S/C22H23N3O2/c1-13-5-3-4-6-19(13)15-9-18(10-15)25(17-7-8-17)22(26)16-11-20-14(2)24-27-21(20)23-12-16/h3-6,11-12,15,17-18H,7-10H2,1-2H3. The van der Waals surface area contributed by atoms with E-state index < -0.39 is 0 Å². The van der Waals surface area contributed by atoms with Crippen LogP contribution >= 0.6 is 0 Å². The molecule has 5 rings (SSSR count). The molecule has 1 aromatic carbocycles. The van der Waals surface area contributed by atoms with Gasteiger partial charge in [0, 0.05) is 18.3 Å². The predicted molar refractivity (Wildman–Crippen MR) is 103 cm³/mol. The Bertz CT molecular complexity index is 1020. The highest BCUT2D eigenvalue weighted by atomic mass is 16.5. The Hall–Kier alpha value is -2.69. The van der Waals surface area contributed by atoms with E-state index in [1.54, 1.807) is 6.20 Å². The molecule has 1 amide bonds. The summed E-state index contributed by atoms with van der Waals surface area (Å²) in [5.74, 6) is 0.659. The minimum absolute atomic E-state index is 0.0979. The van der Waals surface area contributed by atoms with Crippen molar-refractivity contribution in [1.82, 2.24) is 15.0 Å². The highest BCUT2D eigenvalue weighted by molar-refractivity contribution is 5.97. The van der Waals surface area contributed by atoms with E-state index in [9.17, 15) is 4.79 Å². The summed E-state index contributed by atoms with van der Waals surface area (Å²) in [6, 6.07) is 11.2. The van der Waals surface area contributed by atoms with Crippen LogP contribution in [0.5, 0.6) is 0 Å².